The molecule has 0 saturated heterocycles. The number of aryl methyl sites for hydroxylation is 1. The van der Waals surface area contributed by atoms with Gasteiger partial charge in [-0.2, -0.15) is 0 Å². The molecule has 0 bridgehead atoms. The number of benzene rings is 1. The maximum Gasteiger partial charge on any atom is 0.138 e. The second-order valence-electron chi connectivity index (χ2n) is 4.69. The summed E-state index contributed by atoms with van der Waals surface area (Å²) >= 11 is 3.56. The van der Waals surface area contributed by atoms with E-state index in [1.54, 1.807) is 6.33 Å². The van der Waals surface area contributed by atoms with E-state index in [4.69, 9.17) is 4.74 Å². The van der Waals surface area contributed by atoms with E-state index in [0.29, 0.717) is 6.61 Å². The number of rotatable bonds is 7. The van der Waals surface area contributed by atoms with Crippen LogP contribution in [0.5, 0.6) is 5.75 Å². The van der Waals surface area contributed by atoms with Gasteiger partial charge in [0.2, 0.25) is 0 Å². The smallest absolute Gasteiger partial charge is 0.138 e. The van der Waals surface area contributed by atoms with Crippen molar-refractivity contribution in [3.8, 4) is 5.75 Å². The van der Waals surface area contributed by atoms with Gasteiger partial charge in [0.15, 0.2) is 0 Å². The summed E-state index contributed by atoms with van der Waals surface area (Å²) in [6.45, 7) is 4.50. The molecule has 0 aliphatic heterocycles. The highest BCUT2D eigenvalue weighted by Crippen LogP contribution is 2.29. The molecule has 0 unspecified atom stereocenters. The summed E-state index contributed by atoms with van der Waals surface area (Å²) in [5.41, 5.74) is 2.21. The van der Waals surface area contributed by atoms with Crippen LogP contribution in [0.1, 0.15) is 24.6 Å². The Morgan fingerprint density at radius 1 is 1.40 bits per heavy atom. The van der Waals surface area contributed by atoms with Gasteiger partial charge in [-0.1, -0.05) is 19.1 Å². The molecule has 0 aliphatic rings. The van der Waals surface area contributed by atoms with Crippen LogP contribution in [0.2, 0.25) is 0 Å². The molecule has 5 heteroatoms. The monoisotopic (exact) mass is 337 g/mol. The van der Waals surface area contributed by atoms with E-state index < -0.39 is 0 Å². The fourth-order valence-corrected chi connectivity index (χ4v) is 2.45. The van der Waals surface area contributed by atoms with E-state index in [9.17, 15) is 0 Å². The number of imidazole rings is 1. The Morgan fingerprint density at radius 2 is 2.25 bits per heavy atom. The number of ether oxygens (including phenoxy) is 1. The first-order valence-corrected chi connectivity index (χ1v) is 7.57. The number of halogens is 1. The average molecular weight is 338 g/mol. The predicted molar refractivity (Wildman–Crippen MR) is 83.7 cm³/mol. The lowest BCUT2D eigenvalue weighted by molar-refractivity contribution is 0.291. The van der Waals surface area contributed by atoms with Gasteiger partial charge in [0.05, 0.1) is 22.7 Å². The highest BCUT2D eigenvalue weighted by atomic mass is 79.9. The van der Waals surface area contributed by atoms with Gasteiger partial charge in [-0.25, -0.2) is 4.98 Å². The Morgan fingerprint density at radius 3 is 2.95 bits per heavy atom. The van der Waals surface area contributed by atoms with Gasteiger partial charge >= 0.3 is 0 Å². The molecule has 4 nitrogen and oxygen atoms in total. The molecule has 0 atom stereocenters. The Labute approximate surface area is 128 Å². The van der Waals surface area contributed by atoms with E-state index in [1.165, 1.54) is 0 Å². The fraction of sp³-hybridized carbons (Fsp3) is 0.400. The lowest BCUT2D eigenvalue weighted by Crippen LogP contribution is -2.15. The minimum Gasteiger partial charge on any atom is -0.486 e. The van der Waals surface area contributed by atoms with Crippen LogP contribution in [0.4, 0.5) is 0 Å². The van der Waals surface area contributed by atoms with Crippen LogP contribution < -0.4 is 10.1 Å². The zero-order valence-corrected chi connectivity index (χ0v) is 13.5. The van der Waals surface area contributed by atoms with Crippen molar-refractivity contribution in [1.29, 1.82) is 0 Å². The molecule has 0 aliphatic carbocycles. The molecule has 0 amide bonds. The van der Waals surface area contributed by atoms with Crippen LogP contribution in [0, 0.1) is 0 Å². The van der Waals surface area contributed by atoms with Crippen LogP contribution in [0.15, 0.2) is 35.2 Å². The summed E-state index contributed by atoms with van der Waals surface area (Å²) in [7, 11) is 1.97. The number of hydrogen-bond acceptors (Lipinski definition) is 3. The fourth-order valence-electron chi connectivity index (χ4n) is 1.92. The molecule has 1 heterocycles. The third kappa shape index (κ3) is 3.84. The van der Waals surface area contributed by atoms with Crippen molar-refractivity contribution in [3.05, 3.63) is 46.5 Å². The number of hydrogen-bond donors (Lipinski definition) is 1. The van der Waals surface area contributed by atoms with Crippen molar-refractivity contribution in [1.82, 2.24) is 14.9 Å². The van der Waals surface area contributed by atoms with Crippen molar-refractivity contribution in [2.45, 2.75) is 26.5 Å². The van der Waals surface area contributed by atoms with E-state index in [0.717, 1.165) is 41.0 Å². The normalized spacial score (nSPS) is 10.8. The lowest BCUT2D eigenvalue weighted by Gasteiger charge is -2.14. The first-order valence-electron chi connectivity index (χ1n) is 6.78. The first-order chi connectivity index (χ1) is 9.72. The van der Waals surface area contributed by atoms with Crippen LogP contribution in [0.3, 0.4) is 0 Å². The van der Waals surface area contributed by atoms with Gasteiger partial charge in [0.25, 0.3) is 0 Å². The van der Waals surface area contributed by atoms with Crippen molar-refractivity contribution in [2.24, 2.45) is 7.05 Å². The number of para-hydroxylation sites is 1. The quantitative estimate of drug-likeness (QED) is 0.788. The molecule has 108 valence electrons. The van der Waals surface area contributed by atoms with E-state index in [1.807, 2.05) is 29.9 Å². The molecule has 2 rings (SSSR count). The summed E-state index contributed by atoms with van der Waals surface area (Å²) in [6.07, 6.45) is 4.73. The summed E-state index contributed by atoms with van der Waals surface area (Å²) in [5.74, 6) is 0.900. The van der Waals surface area contributed by atoms with Crippen molar-refractivity contribution in [3.63, 3.8) is 0 Å². The molecule has 1 aromatic heterocycles. The minimum absolute atomic E-state index is 0.514. The number of aromatic nitrogens is 2. The molecule has 1 aromatic carbocycles. The first kappa shape index (κ1) is 15.1. The average Bonchev–Trinajstić information content (AvgIpc) is 2.84. The van der Waals surface area contributed by atoms with Crippen LogP contribution >= 0.6 is 15.9 Å². The molecule has 0 spiro atoms. The van der Waals surface area contributed by atoms with Gasteiger partial charge in [-0.15, -0.1) is 0 Å². The Balaban J connectivity index is 2.07. The Bertz CT molecular complexity index is 554. The summed E-state index contributed by atoms with van der Waals surface area (Å²) in [6, 6.07) is 6.12. The van der Waals surface area contributed by atoms with Gasteiger partial charge in [0, 0.05) is 19.2 Å². The SMILES string of the molecule is CCCNCc1cccc(Br)c1OCc1cncn1C. The van der Waals surface area contributed by atoms with Crippen molar-refractivity contribution in [2.75, 3.05) is 6.54 Å². The predicted octanol–water partition coefficient (Wildman–Crippen LogP) is 3.26. The summed E-state index contributed by atoms with van der Waals surface area (Å²) < 4.78 is 8.92. The minimum atomic E-state index is 0.514. The van der Waals surface area contributed by atoms with Crippen LogP contribution in [0.25, 0.3) is 0 Å². The third-order valence-corrected chi connectivity index (χ3v) is 3.70. The van der Waals surface area contributed by atoms with Gasteiger partial charge in [-0.3, -0.25) is 0 Å². The molecule has 0 radical (unpaired) electrons. The van der Waals surface area contributed by atoms with Gasteiger partial charge in [0.1, 0.15) is 12.4 Å². The maximum absolute atomic E-state index is 5.98. The van der Waals surface area contributed by atoms with Gasteiger partial charge in [-0.05, 0) is 35.0 Å². The summed E-state index contributed by atoms with van der Waals surface area (Å²) in [5, 5.41) is 3.41. The number of nitrogens with zero attached hydrogens (tertiary/aromatic N) is 2. The second kappa shape index (κ2) is 7.45. The molecule has 20 heavy (non-hydrogen) atoms. The molecule has 0 saturated carbocycles. The van der Waals surface area contributed by atoms with E-state index >= 15 is 0 Å². The van der Waals surface area contributed by atoms with Crippen molar-refractivity contribution >= 4 is 15.9 Å². The second-order valence-corrected chi connectivity index (χ2v) is 5.54. The molecule has 2 aromatic rings. The Kier molecular flexibility index (Phi) is 5.61. The molecular weight excluding hydrogens is 318 g/mol. The maximum atomic E-state index is 5.98. The third-order valence-electron chi connectivity index (χ3n) is 3.07. The van der Waals surface area contributed by atoms with Crippen LogP contribution in [-0.4, -0.2) is 16.1 Å². The lowest BCUT2D eigenvalue weighted by atomic mass is 10.2. The Hall–Kier alpha value is -1.33. The van der Waals surface area contributed by atoms with E-state index in [2.05, 4.69) is 39.2 Å². The topological polar surface area (TPSA) is 39.1 Å². The number of nitrogens with one attached hydrogen (secondary N) is 1. The van der Waals surface area contributed by atoms with Gasteiger partial charge < -0.3 is 14.6 Å². The van der Waals surface area contributed by atoms with E-state index in [-0.39, 0.29) is 0 Å². The van der Waals surface area contributed by atoms with Crippen LogP contribution in [-0.2, 0) is 20.2 Å². The zero-order chi connectivity index (χ0) is 14.4. The summed E-state index contributed by atoms with van der Waals surface area (Å²) in [4.78, 5) is 4.10. The zero-order valence-electron chi connectivity index (χ0n) is 11.9. The molecule has 1 N–H and O–H groups in total. The highest BCUT2D eigenvalue weighted by Gasteiger charge is 2.09. The standard InChI is InChI=1S/C15H20BrN3O/c1-3-7-17-8-12-5-4-6-14(16)15(12)20-10-13-9-18-11-19(13)2/h4-6,9,11,17H,3,7-8,10H2,1-2H3. The molecule has 0 fully saturated rings. The largest absolute Gasteiger partial charge is 0.486 e. The highest BCUT2D eigenvalue weighted by molar-refractivity contribution is 9.10. The molecular formula is C15H20BrN3O. The van der Waals surface area contributed by atoms with Crippen molar-refractivity contribution < 1.29 is 4.74 Å².